The molecule has 0 saturated carbocycles. The molecule has 1 rings (SSSR count). The van der Waals surface area contributed by atoms with Gasteiger partial charge in [-0.15, -0.1) is 12.4 Å². The summed E-state index contributed by atoms with van der Waals surface area (Å²) in [5, 5.41) is 2.99. The van der Waals surface area contributed by atoms with Gasteiger partial charge in [0.25, 0.3) is 0 Å². The molecule has 0 amide bonds. The van der Waals surface area contributed by atoms with E-state index in [9.17, 15) is 4.79 Å². The minimum absolute atomic E-state index is 0. The highest BCUT2D eigenvalue weighted by Gasteiger charge is 2.06. The van der Waals surface area contributed by atoms with E-state index in [-0.39, 0.29) is 18.2 Å². The second kappa shape index (κ2) is 5.60. The largest absolute Gasteiger partial charge is 0.388 e. The second-order valence-electron chi connectivity index (χ2n) is 2.57. The number of halogens is 1. The molecule has 72 valence electrons. The smallest absolute Gasteiger partial charge is 0.164 e. The minimum atomic E-state index is 0. The summed E-state index contributed by atoms with van der Waals surface area (Å²) in [5.41, 5.74) is 1.69. The SMILES string of the molecule is CCC(=O)c1ccccc1NC.Cl. The number of hydrogen-bond donors (Lipinski definition) is 1. The summed E-state index contributed by atoms with van der Waals surface area (Å²) in [5.74, 6) is 0.181. The zero-order valence-electron chi connectivity index (χ0n) is 7.83. The minimum Gasteiger partial charge on any atom is -0.388 e. The zero-order valence-corrected chi connectivity index (χ0v) is 8.65. The molecule has 0 aromatic heterocycles. The first-order chi connectivity index (χ1) is 5.79. The van der Waals surface area contributed by atoms with Crippen molar-refractivity contribution in [2.45, 2.75) is 13.3 Å². The molecule has 0 spiro atoms. The van der Waals surface area contributed by atoms with Crippen molar-refractivity contribution in [1.29, 1.82) is 0 Å². The van der Waals surface area contributed by atoms with Gasteiger partial charge >= 0.3 is 0 Å². The van der Waals surface area contributed by atoms with Gasteiger partial charge in [-0.2, -0.15) is 0 Å². The summed E-state index contributed by atoms with van der Waals surface area (Å²) >= 11 is 0. The van der Waals surface area contributed by atoms with Crippen LogP contribution in [0.5, 0.6) is 0 Å². The summed E-state index contributed by atoms with van der Waals surface area (Å²) < 4.78 is 0. The van der Waals surface area contributed by atoms with Crippen LogP contribution in [0.1, 0.15) is 23.7 Å². The summed E-state index contributed by atoms with van der Waals surface area (Å²) in [6.07, 6.45) is 0.554. The molecule has 2 nitrogen and oxygen atoms in total. The molecule has 3 heteroatoms. The van der Waals surface area contributed by atoms with Gasteiger partial charge in [-0.1, -0.05) is 19.1 Å². The van der Waals surface area contributed by atoms with Crippen molar-refractivity contribution >= 4 is 23.9 Å². The van der Waals surface area contributed by atoms with Crippen LogP contribution >= 0.6 is 12.4 Å². The maximum atomic E-state index is 11.4. The van der Waals surface area contributed by atoms with Crippen LogP contribution in [-0.2, 0) is 0 Å². The molecule has 1 N–H and O–H groups in total. The highest BCUT2D eigenvalue weighted by atomic mass is 35.5. The fourth-order valence-electron chi connectivity index (χ4n) is 1.13. The Balaban J connectivity index is 0.00000144. The van der Waals surface area contributed by atoms with Crippen molar-refractivity contribution in [3.63, 3.8) is 0 Å². The fraction of sp³-hybridized carbons (Fsp3) is 0.300. The lowest BCUT2D eigenvalue weighted by atomic mass is 10.1. The number of Topliss-reactive ketones (excluding diaryl/α,β-unsaturated/α-hetero) is 1. The monoisotopic (exact) mass is 199 g/mol. The van der Waals surface area contributed by atoms with E-state index >= 15 is 0 Å². The molecule has 0 saturated heterocycles. The summed E-state index contributed by atoms with van der Waals surface area (Å²) in [7, 11) is 1.82. The van der Waals surface area contributed by atoms with Crippen molar-refractivity contribution in [2.24, 2.45) is 0 Å². The lowest BCUT2D eigenvalue weighted by molar-refractivity contribution is 0.0989. The second-order valence-corrected chi connectivity index (χ2v) is 2.57. The Morgan fingerprint density at radius 2 is 2.00 bits per heavy atom. The standard InChI is InChI=1S/C10H13NO.ClH/c1-3-10(12)8-6-4-5-7-9(8)11-2;/h4-7,11H,3H2,1-2H3;1H. The van der Waals surface area contributed by atoms with E-state index in [0.717, 1.165) is 11.3 Å². The number of carbonyl (C=O) groups excluding carboxylic acids is 1. The first-order valence-corrected chi connectivity index (χ1v) is 4.09. The van der Waals surface area contributed by atoms with E-state index in [1.54, 1.807) is 0 Å². The Bertz CT molecular complexity index is 286. The number of benzene rings is 1. The third-order valence-electron chi connectivity index (χ3n) is 1.82. The first kappa shape index (κ1) is 12.0. The molecule has 0 unspecified atom stereocenters. The van der Waals surface area contributed by atoms with Gasteiger partial charge in [0.05, 0.1) is 0 Å². The molecular formula is C10H14ClNO. The van der Waals surface area contributed by atoms with Crippen molar-refractivity contribution in [1.82, 2.24) is 0 Å². The van der Waals surface area contributed by atoms with E-state index in [4.69, 9.17) is 0 Å². The number of para-hydroxylation sites is 1. The van der Waals surface area contributed by atoms with Gasteiger partial charge in [0, 0.05) is 24.7 Å². The van der Waals surface area contributed by atoms with Gasteiger partial charge in [0.2, 0.25) is 0 Å². The quantitative estimate of drug-likeness (QED) is 0.759. The Kier molecular flexibility index (Phi) is 5.16. The number of carbonyl (C=O) groups is 1. The molecule has 1 aromatic carbocycles. The van der Waals surface area contributed by atoms with Gasteiger partial charge in [-0.05, 0) is 12.1 Å². The molecule has 13 heavy (non-hydrogen) atoms. The maximum absolute atomic E-state index is 11.4. The van der Waals surface area contributed by atoms with Gasteiger partial charge in [0.15, 0.2) is 5.78 Å². The number of rotatable bonds is 3. The number of ketones is 1. The van der Waals surface area contributed by atoms with Gasteiger partial charge in [-0.3, -0.25) is 4.79 Å². The molecule has 0 aliphatic rings. The van der Waals surface area contributed by atoms with Crippen molar-refractivity contribution < 1.29 is 4.79 Å². The maximum Gasteiger partial charge on any atom is 0.164 e. The van der Waals surface area contributed by atoms with Crippen LogP contribution in [0.3, 0.4) is 0 Å². The lowest BCUT2D eigenvalue weighted by Crippen LogP contribution is -2.01. The van der Waals surface area contributed by atoms with Crippen LogP contribution in [0.4, 0.5) is 5.69 Å². The molecular weight excluding hydrogens is 186 g/mol. The van der Waals surface area contributed by atoms with E-state index in [1.807, 2.05) is 38.2 Å². The van der Waals surface area contributed by atoms with Crippen molar-refractivity contribution in [3.05, 3.63) is 29.8 Å². The first-order valence-electron chi connectivity index (χ1n) is 4.09. The normalized spacial score (nSPS) is 8.77. The molecule has 0 aliphatic heterocycles. The summed E-state index contributed by atoms with van der Waals surface area (Å²) in [6.45, 7) is 1.87. The Morgan fingerprint density at radius 1 is 1.38 bits per heavy atom. The topological polar surface area (TPSA) is 29.1 Å². The molecule has 0 atom stereocenters. The van der Waals surface area contributed by atoms with Crippen LogP contribution in [0, 0.1) is 0 Å². The van der Waals surface area contributed by atoms with E-state index in [1.165, 1.54) is 0 Å². The average molecular weight is 200 g/mol. The van der Waals surface area contributed by atoms with Crippen LogP contribution < -0.4 is 5.32 Å². The molecule has 1 aromatic rings. The molecule has 0 heterocycles. The highest BCUT2D eigenvalue weighted by molar-refractivity contribution is 6.00. The number of anilines is 1. The van der Waals surface area contributed by atoms with E-state index < -0.39 is 0 Å². The Hall–Kier alpha value is -1.02. The number of nitrogens with one attached hydrogen (secondary N) is 1. The Morgan fingerprint density at radius 3 is 2.54 bits per heavy atom. The lowest BCUT2D eigenvalue weighted by Gasteiger charge is -2.05. The van der Waals surface area contributed by atoms with Crippen LogP contribution in [-0.4, -0.2) is 12.8 Å². The summed E-state index contributed by atoms with van der Waals surface area (Å²) in [6, 6.07) is 7.54. The van der Waals surface area contributed by atoms with Gasteiger partial charge < -0.3 is 5.32 Å². The highest BCUT2D eigenvalue weighted by Crippen LogP contribution is 2.15. The van der Waals surface area contributed by atoms with Crippen molar-refractivity contribution in [3.8, 4) is 0 Å². The third-order valence-corrected chi connectivity index (χ3v) is 1.82. The third kappa shape index (κ3) is 2.74. The Labute approximate surface area is 84.8 Å². The molecule has 0 radical (unpaired) electrons. The molecule has 0 aliphatic carbocycles. The van der Waals surface area contributed by atoms with Gasteiger partial charge in [0.1, 0.15) is 0 Å². The van der Waals surface area contributed by atoms with Crippen LogP contribution in [0.25, 0.3) is 0 Å². The molecule has 0 bridgehead atoms. The summed E-state index contributed by atoms with van der Waals surface area (Å²) in [4.78, 5) is 11.4. The van der Waals surface area contributed by atoms with Gasteiger partial charge in [-0.25, -0.2) is 0 Å². The fourth-order valence-corrected chi connectivity index (χ4v) is 1.13. The average Bonchev–Trinajstić information content (AvgIpc) is 2.16. The predicted molar refractivity (Wildman–Crippen MR) is 57.9 cm³/mol. The van der Waals surface area contributed by atoms with Crippen molar-refractivity contribution in [2.75, 3.05) is 12.4 Å². The molecule has 0 fully saturated rings. The number of hydrogen-bond acceptors (Lipinski definition) is 2. The van der Waals surface area contributed by atoms with E-state index in [2.05, 4.69) is 5.32 Å². The van der Waals surface area contributed by atoms with Crippen LogP contribution in [0.15, 0.2) is 24.3 Å². The zero-order chi connectivity index (χ0) is 8.97. The van der Waals surface area contributed by atoms with Crippen LogP contribution in [0.2, 0.25) is 0 Å². The van der Waals surface area contributed by atoms with E-state index in [0.29, 0.717) is 6.42 Å². The predicted octanol–water partition coefficient (Wildman–Crippen LogP) is 2.74.